The van der Waals surface area contributed by atoms with Gasteiger partial charge in [-0.3, -0.25) is 0 Å². The summed E-state index contributed by atoms with van der Waals surface area (Å²) < 4.78 is 5.80. The number of rotatable bonds is 3. The van der Waals surface area contributed by atoms with E-state index in [1.807, 2.05) is 13.0 Å². The molecule has 1 aromatic heterocycles. The summed E-state index contributed by atoms with van der Waals surface area (Å²) in [6.45, 7) is 4.73. The summed E-state index contributed by atoms with van der Waals surface area (Å²) in [6, 6.07) is 1.94. The van der Waals surface area contributed by atoms with Crippen LogP contribution in [-0.4, -0.2) is 17.1 Å². The SMILES string of the molecule is COC1(c2nc(C)cc(CN)n2)CCC(C)CC1. The van der Waals surface area contributed by atoms with E-state index in [0.29, 0.717) is 6.54 Å². The summed E-state index contributed by atoms with van der Waals surface area (Å²) >= 11 is 0. The van der Waals surface area contributed by atoms with Gasteiger partial charge in [-0.1, -0.05) is 6.92 Å². The fraction of sp³-hybridized carbons (Fsp3) is 0.714. The highest BCUT2D eigenvalue weighted by Crippen LogP contribution is 2.40. The molecular formula is C14H23N3O. The van der Waals surface area contributed by atoms with Crippen molar-refractivity contribution < 1.29 is 4.74 Å². The Labute approximate surface area is 109 Å². The Morgan fingerprint density at radius 1 is 1.39 bits per heavy atom. The first-order valence-corrected chi connectivity index (χ1v) is 6.70. The largest absolute Gasteiger partial charge is 0.370 e. The van der Waals surface area contributed by atoms with Gasteiger partial charge in [-0.25, -0.2) is 9.97 Å². The molecule has 0 atom stereocenters. The topological polar surface area (TPSA) is 61.0 Å². The van der Waals surface area contributed by atoms with Crippen molar-refractivity contribution in [1.29, 1.82) is 0 Å². The van der Waals surface area contributed by atoms with Gasteiger partial charge in [-0.05, 0) is 44.6 Å². The van der Waals surface area contributed by atoms with Gasteiger partial charge in [-0.2, -0.15) is 0 Å². The second kappa shape index (κ2) is 5.33. The first-order valence-electron chi connectivity index (χ1n) is 6.70. The van der Waals surface area contributed by atoms with Crippen LogP contribution in [-0.2, 0) is 16.9 Å². The third kappa shape index (κ3) is 2.54. The number of ether oxygens (including phenoxy) is 1. The number of hydrogen-bond donors (Lipinski definition) is 1. The molecule has 0 radical (unpaired) electrons. The Morgan fingerprint density at radius 3 is 2.61 bits per heavy atom. The zero-order chi connectivity index (χ0) is 13.2. The van der Waals surface area contributed by atoms with Gasteiger partial charge in [0.25, 0.3) is 0 Å². The minimum absolute atomic E-state index is 0.303. The van der Waals surface area contributed by atoms with Crippen molar-refractivity contribution in [2.45, 2.75) is 51.7 Å². The highest BCUT2D eigenvalue weighted by Gasteiger charge is 2.38. The normalized spacial score (nSPS) is 28.3. The Balaban J connectivity index is 2.35. The van der Waals surface area contributed by atoms with E-state index in [1.165, 1.54) is 12.8 Å². The minimum atomic E-state index is -0.303. The van der Waals surface area contributed by atoms with Crippen molar-refractivity contribution in [3.63, 3.8) is 0 Å². The summed E-state index contributed by atoms with van der Waals surface area (Å²) in [5.74, 6) is 1.59. The van der Waals surface area contributed by atoms with Gasteiger partial charge in [0, 0.05) is 19.3 Å². The fourth-order valence-electron chi connectivity index (χ4n) is 2.69. The highest BCUT2D eigenvalue weighted by atomic mass is 16.5. The van der Waals surface area contributed by atoms with Crippen molar-refractivity contribution in [3.8, 4) is 0 Å². The van der Waals surface area contributed by atoms with Gasteiger partial charge in [-0.15, -0.1) is 0 Å². The van der Waals surface area contributed by atoms with E-state index in [4.69, 9.17) is 10.5 Å². The Bertz CT molecular complexity index is 412. The number of methoxy groups -OCH3 is 1. The van der Waals surface area contributed by atoms with E-state index in [1.54, 1.807) is 7.11 Å². The molecule has 1 fully saturated rings. The van der Waals surface area contributed by atoms with E-state index in [-0.39, 0.29) is 5.60 Å². The highest BCUT2D eigenvalue weighted by molar-refractivity contribution is 5.15. The van der Waals surface area contributed by atoms with Crippen LogP contribution in [0, 0.1) is 12.8 Å². The maximum atomic E-state index is 5.80. The first-order chi connectivity index (χ1) is 8.59. The predicted molar refractivity (Wildman–Crippen MR) is 71.0 cm³/mol. The van der Waals surface area contributed by atoms with E-state index in [2.05, 4.69) is 16.9 Å². The zero-order valence-electron chi connectivity index (χ0n) is 11.6. The lowest BCUT2D eigenvalue weighted by molar-refractivity contribution is -0.0599. The van der Waals surface area contributed by atoms with Crippen LogP contribution in [0.2, 0.25) is 0 Å². The maximum absolute atomic E-state index is 5.80. The summed E-state index contributed by atoms with van der Waals surface area (Å²) in [7, 11) is 1.77. The van der Waals surface area contributed by atoms with E-state index in [0.717, 1.165) is 36.0 Å². The molecule has 4 nitrogen and oxygen atoms in total. The van der Waals surface area contributed by atoms with Crippen LogP contribution >= 0.6 is 0 Å². The number of nitrogens with zero attached hydrogens (tertiary/aromatic N) is 2. The van der Waals surface area contributed by atoms with Crippen LogP contribution < -0.4 is 5.73 Å². The summed E-state index contributed by atoms with van der Waals surface area (Å²) in [5.41, 5.74) is 7.25. The van der Waals surface area contributed by atoms with Crippen LogP contribution in [0.5, 0.6) is 0 Å². The Kier molecular flexibility index (Phi) is 3.97. The van der Waals surface area contributed by atoms with Crippen molar-refractivity contribution >= 4 is 0 Å². The van der Waals surface area contributed by atoms with Crippen LogP contribution in [0.4, 0.5) is 0 Å². The third-order valence-corrected chi connectivity index (χ3v) is 4.00. The van der Waals surface area contributed by atoms with Gasteiger partial charge >= 0.3 is 0 Å². The second-order valence-corrected chi connectivity index (χ2v) is 5.41. The third-order valence-electron chi connectivity index (χ3n) is 4.00. The molecule has 2 N–H and O–H groups in total. The fourth-order valence-corrected chi connectivity index (χ4v) is 2.69. The number of hydrogen-bond acceptors (Lipinski definition) is 4. The lowest BCUT2D eigenvalue weighted by Gasteiger charge is -2.37. The quantitative estimate of drug-likeness (QED) is 0.893. The molecule has 2 rings (SSSR count). The van der Waals surface area contributed by atoms with E-state index >= 15 is 0 Å². The van der Waals surface area contributed by atoms with Gasteiger partial charge < -0.3 is 10.5 Å². The van der Waals surface area contributed by atoms with Gasteiger partial charge in [0.1, 0.15) is 5.60 Å². The molecule has 1 aromatic rings. The second-order valence-electron chi connectivity index (χ2n) is 5.41. The van der Waals surface area contributed by atoms with Crippen molar-refractivity contribution in [2.75, 3.05) is 7.11 Å². The monoisotopic (exact) mass is 249 g/mol. The molecular weight excluding hydrogens is 226 g/mol. The van der Waals surface area contributed by atoms with Crippen LogP contribution in [0.1, 0.15) is 49.8 Å². The molecule has 0 aromatic carbocycles. The molecule has 0 bridgehead atoms. The standard InChI is InChI=1S/C14H23N3O/c1-10-4-6-14(18-3,7-5-10)13-16-11(2)8-12(9-15)17-13/h8,10H,4-7,9,15H2,1-3H3. The lowest BCUT2D eigenvalue weighted by atomic mass is 9.79. The van der Waals surface area contributed by atoms with Gasteiger partial charge in [0.15, 0.2) is 5.82 Å². The predicted octanol–water partition coefficient (Wildman–Crippen LogP) is 2.30. The smallest absolute Gasteiger partial charge is 0.160 e. The van der Waals surface area contributed by atoms with E-state index < -0.39 is 0 Å². The molecule has 4 heteroatoms. The maximum Gasteiger partial charge on any atom is 0.160 e. The summed E-state index contributed by atoms with van der Waals surface area (Å²) in [5, 5.41) is 0. The molecule has 0 spiro atoms. The molecule has 0 amide bonds. The first kappa shape index (κ1) is 13.4. The number of aryl methyl sites for hydroxylation is 1. The molecule has 0 unspecified atom stereocenters. The van der Waals surface area contributed by atoms with Crippen LogP contribution in [0.3, 0.4) is 0 Å². The van der Waals surface area contributed by atoms with Gasteiger partial charge in [0.2, 0.25) is 0 Å². The Hall–Kier alpha value is -1.00. The molecule has 100 valence electrons. The Morgan fingerprint density at radius 2 is 2.06 bits per heavy atom. The summed E-state index contributed by atoms with van der Waals surface area (Å²) in [4.78, 5) is 9.16. The molecule has 1 saturated carbocycles. The van der Waals surface area contributed by atoms with Crippen LogP contribution in [0.15, 0.2) is 6.07 Å². The lowest BCUT2D eigenvalue weighted by Crippen LogP contribution is -2.35. The molecule has 1 aliphatic rings. The average molecular weight is 249 g/mol. The zero-order valence-corrected chi connectivity index (χ0v) is 11.6. The molecule has 1 heterocycles. The van der Waals surface area contributed by atoms with Crippen molar-refractivity contribution in [2.24, 2.45) is 11.7 Å². The summed E-state index contributed by atoms with van der Waals surface area (Å²) in [6.07, 6.45) is 4.34. The molecule has 18 heavy (non-hydrogen) atoms. The molecule has 0 saturated heterocycles. The number of nitrogens with two attached hydrogens (primary N) is 1. The number of aromatic nitrogens is 2. The average Bonchev–Trinajstić information content (AvgIpc) is 2.39. The minimum Gasteiger partial charge on any atom is -0.370 e. The van der Waals surface area contributed by atoms with Crippen molar-refractivity contribution in [1.82, 2.24) is 9.97 Å². The van der Waals surface area contributed by atoms with Crippen molar-refractivity contribution in [3.05, 3.63) is 23.3 Å². The van der Waals surface area contributed by atoms with Crippen LogP contribution in [0.25, 0.3) is 0 Å². The molecule has 0 aliphatic heterocycles. The van der Waals surface area contributed by atoms with Gasteiger partial charge in [0.05, 0.1) is 5.69 Å². The molecule has 1 aliphatic carbocycles. The van der Waals surface area contributed by atoms with E-state index in [9.17, 15) is 0 Å².